The highest BCUT2D eigenvalue weighted by molar-refractivity contribution is 9.10. The number of benzene rings is 1. The van der Waals surface area contributed by atoms with Crippen molar-refractivity contribution in [3.63, 3.8) is 0 Å². The van der Waals surface area contributed by atoms with Gasteiger partial charge in [-0.1, -0.05) is 0 Å². The molecule has 0 aliphatic rings. The Hall–Kier alpha value is -0.900. The Kier molecular flexibility index (Phi) is 3.63. The monoisotopic (exact) mass is 259 g/mol. The number of amides is 1. The van der Waals surface area contributed by atoms with Crippen LogP contribution in [0, 0.1) is 12.7 Å². The molecule has 1 N–H and O–H groups in total. The third-order valence-electron chi connectivity index (χ3n) is 1.83. The number of hydrogen-bond donors (Lipinski definition) is 1. The summed E-state index contributed by atoms with van der Waals surface area (Å²) in [5.41, 5.74) is 0.931. The van der Waals surface area contributed by atoms with E-state index in [1.807, 2.05) is 6.92 Å². The molecule has 1 aromatic rings. The predicted octanol–water partition coefficient (Wildman–Crippen LogP) is 2.65. The van der Waals surface area contributed by atoms with Gasteiger partial charge in [0, 0.05) is 11.0 Å². The summed E-state index contributed by atoms with van der Waals surface area (Å²) in [6.45, 7) is 4.02. The van der Waals surface area contributed by atoms with E-state index in [1.54, 1.807) is 6.92 Å². The van der Waals surface area contributed by atoms with E-state index in [2.05, 4.69) is 21.2 Å². The minimum atomic E-state index is -0.315. The van der Waals surface area contributed by atoms with Gasteiger partial charge in [0.2, 0.25) is 0 Å². The molecular weight excluding hydrogens is 249 g/mol. The topological polar surface area (TPSA) is 29.1 Å². The minimum absolute atomic E-state index is 0.192. The Morgan fingerprint density at radius 2 is 2.21 bits per heavy atom. The first-order valence-corrected chi connectivity index (χ1v) is 5.09. The first-order chi connectivity index (χ1) is 6.56. The molecule has 0 aromatic heterocycles. The Morgan fingerprint density at radius 1 is 1.57 bits per heavy atom. The SMILES string of the molecule is CCNC(=O)c1cc(C)c(F)cc1Br. The van der Waals surface area contributed by atoms with Gasteiger partial charge in [-0.2, -0.15) is 0 Å². The molecule has 0 bridgehead atoms. The first kappa shape index (κ1) is 11.2. The van der Waals surface area contributed by atoms with E-state index >= 15 is 0 Å². The van der Waals surface area contributed by atoms with Crippen LogP contribution in [-0.2, 0) is 0 Å². The number of carbonyl (C=O) groups is 1. The number of aryl methyl sites for hydroxylation is 1. The molecule has 0 fully saturated rings. The average Bonchev–Trinajstić information content (AvgIpc) is 2.11. The number of carbonyl (C=O) groups excluding carboxylic acids is 1. The molecule has 0 heterocycles. The average molecular weight is 260 g/mol. The van der Waals surface area contributed by atoms with Crippen LogP contribution in [0.5, 0.6) is 0 Å². The summed E-state index contributed by atoms with van der Waals surface area (Å²) in [5, 5.41) is 2.66. The maximum Gasteiger partial charge on any atom is 0.252 e. The molecule has 4 heteroatoms. The van der Waals surface area contributed by atoms with Crippen molar-refractivity contribution in [3.8, 4) is 0 Å². The molecule has 0 atom stereocenters. The summed E-state index contributed by atoms with van der Waals surface area (Å²) in [6.07, 6.45) is 0. The lowest BCUT2D eigenvalue weighted by molar-refractivity contribution is 0.0955. The minimum Gasteiger partial charge on any atom is -0.352 e. The third-order valence-corrected chi connectivity index (χ3v) is 2.49. The molecule has 14 heavy (non-hydrogen) atoms. The van der Waals surface area contributed by atoms with E-state index in [0.717, 1.165) is 0 Å². The number of hydrogen-bond acceptors (Lipinski definition) is 1. The molecular formula is C10H11BrFNO. The van der Waals surface area contributed by atoms with Crippen molar-refractivity contribution in [1.82, 2.24) is 5.32 Å². The van der Waals surface area contributed by atoms with Crippen molar-refractivity contribution in [3.05, 3.63) is 33.5 Å². The summed E-state index contributed by atoms with van der Waals surface area (Å²) in [6, 6.07) is 2.84. The van der Waals surface area contributed by atoms with Gasteiger partial charge in [0.05, 0.1) is 5.56 Å². The molecule has 1 aromatic carbocycles. The quantitative estimate of drug-likeness (QED) is 0.870. The van der Waals surface area contributed by atoms with Gasteiger partial charge in [0.1, 0.15) is 5.82 Å². The molecule has 0 aliphatic carbocycles. The van der Waals surface area contributed by atoms with E-state index < -0.39 is 0 Å². The number of rotatable bonds is 2. The van der Waals surface area contributed by atoms with Crippen LogP contribution in [0.15, 0.2) is 16.6 Å². The van der Waals surface area contributed by atoms with Crippen molar-refractivity contribution < 1.29 is 9.18 Å². The highest BCUT2D eigenvalue weighted by atomic mass is 79.9. The van der Waals surface area contributed by atoms with Crippen LogP contribution in [-0.4, -0.2) is 12.5 Å². The molecule has 2 nitrogen and oxygen atoms in total. The van der Waals surface area contributed by atoms with E-state index in [1.165, 1.54) is 12.1 Å². The summed E-state index contributed by atoms with van der Waals surface area (Å²) in [7, 11) is 0. The van der Waals surface area contributed by atoms with Crippen molar-refractivity contribution in [1.29, 1.82) is 0 Å². The van der Waals surface area contributed by atoms with Crippen LogP contribution < -0.4 is 5.32 Å². The Morgan fingerprint density at radius 3 is 2.79 bits per heavy atom. The van der Waals surface area contributed by atoms with Gasteiger partial charge >= 0.3 is 0 Å². The van der Waals surface area contributed by atoms with Crippen LogP contribution in [0.25, 0.3) is 0 Å². The number of halogens is 2. The Labute approximate surface area is 90.6 Å². The van der Waals surface area contributed by atoms with Gasteiger partial charge in [-0.15, -0.1) is 0 Å². The largest absolute Gasteiger partial charge is 0.352 e. The van der Waals surface area contributed by atoms with Gasteiger partial charge in [-0.3, -0.25) is 4.79 Å². The number of nitrogens with one attached hydrogen (secondary N) is 1. The fourth-order valence-electron chi connectivity index (χ4n) is 1.09. The fourth-order valence-corrected chi connectivity index (χ4v) is 1.58. The van der Waals surface area contributed by atoms with Gasteiger partial charge < -0.3 is 5.32 Å². The highest BCUT2D eigenvalue weighted by Crippen LogP contribution is 2.20. The van der Waals surface area contributed by atoms with Crippen LogP contribution in [0.2, 0.25) is 0 Å². The maximum atomic E-state index is 13.0. The van der Waals surface area contributed by atoms with Crippen molar-refractivity contribution in [2.45, 2.75) is 13.8 Å². The van der Waals surface area contributed by atoms with Crippen molar-refractivity contribution in [2.24, 2.45) is 0 Å². The lowest BCUT2D eigenvalue weighted by Gasteiger charge is -2.06. The van der Waals surface area contributed by atoms with Crippen LogP contribution in [0.1, 0.15) is 22.8 Å². The lowest BCUT2D eigenvalue weighted by Crippen LogP contribution is -2.23. The van der Waals surface area contributed by atoms with Crippen LogP contribution in [0.3, 0.4) is 0 Å². The predicted molar refractivity (Wildman–Crippen MR) is 56.8 cm³/mol. The molecule has 1 rings (SSSR count). The summed E-state index contributed by atoms with van der Waals surface area (Å²) in [4.78, 5) is 11.5. The summed E-state index contributed by atoms with van der Waals surface area (Å²) in [5.74, 6) is -0.507. The van der Waals surface area contributed by atoms with E-state index in [9.17, 15) is 9.18 Å². The highest BCUT2D eigenvalue weighted by Gasteiger charge is 2.11. The molecule has 0 aliphatic heterocycles. The van der Waals surface area contributed by atoms with Gasteiger partial charge in [0.15, 0.2) is 0 Å². The molecule has 1 amide bonds. The molecule has 76 valence electrons. The first-order valence-electron chi connectivity index (χ1n) is 4.30. The van der Waals surface area contributed by atoms with E-state index in [-0.39, 0.29) is 11.7 Å². The second-order valence-electron chi connectivity index (χ2n) is 2.94. The normalized spacial score (nSPS) is 10.0. The third kappa shape index (κ3) is 2.32. The smallest absolute Gasteiger partial charge is 0.252 e. The van der Waals surface area contributed by atoms with Crippen molar-refractivity contribution in [2.75, 3.05) is 6.54 Å². The molecule has 0 saturated heterocycles. The fraction of sp³-hybridized carbons (Fsp3) is 0.300. The van der Waals surface area contributed by atoms with Crippen LogP contribution in [0.4, 0.5) is 4.39 Å². The molecule has 0 radical (unpaired) electrons. The molecule has 0 spiro atoms. The lowest BCUT2D eigenvalue weighted by atomic mass is 10.1. The summed E-state index contributed by atoms with van der Waals surface area (Å²) >= 11 is 3.15. The Balaban J connectivity index is 3.09. The van der Waals surface area contributed by atoms with E-state index in [0.29, 0.717) is 22.1 Å². The maximum absolute atomic E-state index is 13.0. The Bertz CT molecular complexity index is 365. The van der Waals surface area contributed by atoms with Gasteiger partial charge in [0.25, 0.3) is 5.91 Å². The zero-order chi connectivity index (χ0) is 10.7. The van der Waals surface area contributed by atoms with Gasteiger partial charge in [-0.25, -0.2) is 4.39 Å². The van der Waals surface area contributed by atoms with E-state index in [4.69, 9.17) is 0 Å². The second-order valence-corrected chi connectivity index (χ2v) is 3.80. The molecule has 0 saturated carbocycles. The molecule has 0 unspecified atom stereocenters. The van der Waals surface area contributed by atoms with Crippen LogP contribution >= 0.6 is 15.9 Å². The zero-order valence-corrected chi connectivity index (χ0v) is 9.61. The summed E-state index contributed by atoms with van der Waals surface area (Å²) < 4.78 is 13.5. The van der Waals surface area contributed by atoms with Crippen molar-refractivity contribution >= 4 is 21.8 Å². The zero-order valence-electron chi connectivity index (χ0n) is 8.03. The van der Waals surface area contributed by atoms with Gasteiger partial charge in [-0.05, 0) is 47.5 Å². The standard InChI is InChI=1S/C10H11BrFNO/c1-3-13-10(14)7-4-6(2)9(12)5-8(7)11/h4-5H,3H2,1-2H3,(H,13,14). The second kappa shape index (κ2) is 4.55.